The standard InChI is InChI=1S/C38H46N4O10S2/c1-36(47)13-4-7-22-24-28(50-20-5-2-3-6-20)25-27(44)23-21(18-8-10-19(42-49)11-9-18)12-14-38(48)15-37(16-43,41-35(39)40)17-53-54-31(34(45)46)26(29(24)51-32(22)36)30(25)52-33(23)38/h8-12,14,20-22,31-32,34,42-43,45-49H,2-7,13,15-17H2,1H3,(H4,39,40,41)/t21-,22+,31-,32+,36-,37-,38-/m1/s1. The molecule has 0 amide bonds. The number of benzene rings is 2. The second-order valence-corrected chi connectivity index (χ2v) is 18.1. The predicted octanol–water partition coefficient (Wildman–Crippen LogP) is 3.73. The van der Waals surface area contributed by atoms with E-state index in [0.717, 1.165) is 47.3 Å². The summed E-state index contributed by atoms with van der Waals surface area (Å²) in [5, 5.41) is 66.0. The molecule has 0 unspecified atom stereocenters. The second kappa shape index (κ2) is 13.9. The highest BCUT2D eigenvalue weighted by Gasteiger charge is 2.54. The van der Waals surface area contributed by atoms with Crippen molar-refractivity contribution in [2.24, 2.45) is 16.5 Å². The van der Waals surface area contributed by atoms with Crippen molar-refractivity contribution in [1.82, 2.24) is 0 Å². The zero-order valence-corrected chi connectivity index (χ0v) is 31.4. The maximum Gasteiger partial charge on any atom is 0.201 e. The van der Waals surface area contributed by atoms with E-state index in [0.29, 0.717) is 36.1 Å². The summed E-state index contributed by atoms with van der Waals surface area (Å²) in [5.41, 5.74) is 10.6. The summed E-state index contributed by atoms with van der Waals surface area (Å²) in [5.74, 6) is -1.02. The van der Waals surface area contributed by atoms with E-state index in [1.807, 2.05) is 0 Å². The third-order valence-electron chi connectivity index (χ3n) is 11.7. The number of aliphatic hydroxyl groups is 5. The zero-order valence-electron chi connectivity index (χ0n) is 29.7. The van der Waals surface area contributed by atoms with Gasteiger partial charge in [-0.05, 0) is 75.6 Å². The van der Waals surface area contributed by atoms with E-state index >= 15 is 4.79 Å². The van der Waals surface area contributed by atoms with E-state index < -0.39 is 52.3 Å². The van der Waals surface area contributed by atoms with Gasteiger partial charge in [0.05, 0.1) is 40.4 Å². The van der Waals surface area contributed by atoms with Crippen molar-refractivity contribution >= 4 is 44.2 Å². The molecular weight excluding hydrogens is 737 g/mol. The third kappa shape index (κ3) is 6.15. The van der Waals surface area contributed by atoms with Gasteiger partial charge in [-0.2, -0.15) is 0 Å². The average molecular weight is 783 g/mol. The minimum Gasteiger partial charge on any atom is -0.489 e. The number of anilines is 1. The summed E-state index contributed by atoms with van der Waals surface area (Å²) in [4.78, 5) is 20.0. The first-order valence-electron chi connectivity index (χ1n) is 18.3. The normalized spacial score (nSPS) is 31.9. The molecule has 2 fully saturated rings. The molecule has 3 aromatic rings. The lowest BCUT2D eigenvalue weighted by Crippen LogP contribution is -2.47. The maximum absolute atomic E-state index is 15.6. The molecule has 14 nitrogen and oxygen atoms in total. The summed E-state index contributed by atoms with van der Waals surface area (Å²) in [6.45, 7) is 1.12. The Hall–Kier alpha value is -3.48. The van der Waals surface area contributed by atoms with Gasteiger partial charge in [0.25, 0.3) is 0 Å². The number of hydrogen-bond donors (Lipinski definition) is 9. The first-order valence-corrected chi connectivity index (χ1v) is 20.7. The van der Waals surface area contributed by atoms with Gasteiger partial charge in [0.15, 0.2) is 12.2 Å². The number of rotatable bonds is 7. The van der Waals surface area contributed by atoms with Gasteiger partial charge in [-0.3, -0.25) is 15.5 Å². The topological polar surface area (TPSA) is 246 Å². The third-order valence-corrected chi connectivity index (χ3v) is 14.6. The number of nitrogens with zero attached hydrogens (tertiary/aromatic N) is 1. The van der Waals surface area contributed by atoms with Crippen LogP contribution in [0.2, 0.25) is 0 Å². The fourth-order valence-electron chi connectivity index (χ4n) is 9.20. The van der Waals surface area contributed by atoms with Crippen LogP contribution in [0.25, 0.3) is 11.0 Å². The molecule has 11 N–H and O–H groups in total. The fourth-order valence-corrected chi connectivity index (χ4v) is 12.2. The average Bonchev–Trinajstić information content (AvgIpc) is 3.79. The Morgan fingerprint density at radius 3 is 2.50 bits per heavy atom. The largest absolute Gasteiger partial charge is 0.489 e. The number of hydrogen-bond acceptors (Lipinski definition) is 14. The van der Waals surface area contributed by atoms with Crippen LogP contribution in [0.15, 0.2) is 50.6 Å². The van der Waals surface area contributed by atoms with Crippen LogP contribution in [-0.2, 0) is 5.60 Å². The molecule has 0 saturated heterocycles. The van der Waals surface area contributed by atoms with Gasteiger partial charge in [-0.25, -0.2) is 4.99 Å². The molecule has 0 radical (unpaired) electrons. The Bertz CT molecular complexity index is 2060. The van der Waals surface area contributed by atoms with E-state index in [-0.39, 0.29) is 69.5 Å². The molecule has 16 heteroatoms. The van der Waals surface area contributed by atoms with Gasteiger partial charge in [0.2, 0.25) is 5.43 Å². The predicted molar refractivity (Wildman–Crippen MR) is 205 cm³/mol. The number of nitrogens with two attached hydrogens (primary N) is 2. The minimum absolute atomic E-state index is 0.00905. The van der Waals surface area contributed by atoms with Crippen molar-refractivity contribution in [1.29, 1.82) is 0 Å². The van der Waals surface area contributed by atoms with E-state index in [2.05, 4.69) is 10.5 Å². The van der Waals surface area contributed by atoms with Crippen LogP contribution in [0.5, 0.6) is 11.5 Å². The number of guanidine groups is 1. The molecule has 5 aliphatic rings. The van der Waals surface area contributed by atoms with Crippen LogP contribution < -0.4 is 31.8 Å². The molecule has 3 heterocycles. The van der Waals surface area contributed by atoms with Gasteiger partial charge in [-0.15, -0.1) is 0 Å². The Kier molecular flexibility index (Phi) is 9.65. The Balaban J connectivity index is 1.50. The number of nitrogens with one attached hydrogen (secondary N) is 1. The van der Waals surface area contributed by atoms with Gasteiger partial charge < -0.3 is 50.9 Å². The van der Waals surface area contributed by atoms with Crippen molar-refractivity contribution in [2.45, 2.75) is 111 Å². The molecule has 2 bridgehead atoms. The maximum atomic E-state index is 15.6. The van der Waals surface area contributed by atoms with Crippen molar-refractivity contribution in [3.63, 3.8) is 0 Å². The van der Waals surface area contributed by atoms with Crippen LogP contribution in [0.1, 0.15) is 103 Å². The lowest BCUT2D eigenvalue weighted by Gasteiger charge is -2.38. The molecule has 54 heavy (non-hydrogen) atoms. The quantitative estimate of drug-likeness (QED) is 0.0414. The van der Waals surface area contributed by atoms with E-state index in [4.69, 9.17) is 25.4 Å². The minimum atomic E-state index is -2.04. The molecule has 1 aromatic heterocycles. The van der Waals surface area contributed by atoms with E-state index in [1.165, 1.54) is 6.08 Å². The Labute approximate surface area is 319 Å². The number of fused-ring (bicyclic) bond motifs is 4. The number of ether oxygens (including phenoxy) is 2. The summed E-state index contributed by atoms with van der Waals surface area (Å²) in [7, 11) is 2.22. The van der Waals surface area contributed by atoms with Crippen LogP contribution in [0, 0.1) is 0 Å². The van der Waals surface area contributed by atoms with Gasteiger partial charge in [-0.1, -0.05) is 39.8 Å². The molecule has 2 aromatic carbocycles. The van der Waals surface area contributed by atoms with Crippen molar-refractivity contribution in [2.75, 3.05) is 17.8 Å². The van der Waals surface area contributed by atoms with E-state index in [9.17, 15) is 30.7 Å². The van der Waals surface area contributed by atoms with Gasteiger partial charge in [0, 0.05) is 29.6 Å². The highest BCUT2D eigenvalue weighted by Crippen LogP contribution is 2.61. The van der Waals surface area contributed by atoms with Crippen molar-refractivity contribution in [3.05, 3.63) is 74.7 Å². The highest BCUT2D eigenvalue weighted by atomic mass is 33.1. The number of aliphatic hydroxyl groups excluding tert-OH is 2. The van der Waals surface area contributed by atoms with Crippen LogP contribution in [0.4, 0.5) is 5.69 Å². The lowest BCUT2D eigenvalue weighted by molar-refractivity contribution is -0.0734. The smallest absolute Gasteiger partial charge is 0.201 e. The molecule has 7 atom stereocenters. The van der Waals surface area contributed by atoms with Gasteiger partial charge >= 0.3 is 0 Å². The molecule has 2 aliphatic heterocycles. The second-order valence-electron chi connectivity index (χ2n) is 15.6. The molecule has 3 aliphatic carbocycles. The van der Waals surface area contributed by atoms with Crippen LogP contribution in [-0.4, -0.2) is 78.7 Å². The number of allylic oxidation sites excluding steroid dienone is 1. The summed E-state index contributed by atoms with van der Waals surface area (Å²) in [6, 6.07) is 6.79. The first-order chi connectivity index (χ1) is 25.8. The highest BCUT2D eigenvalue weighted by molar-refractivity contribution is 8.76. The van der Waals surface area contributed by atoms with Crippen LogP contribution in [0.3, 0.4) is 0 Å². The van der Waals surface area contributed by atoms with Gasteiger partial charge in [0.1, 0.15) is 45.5 Å². The SMILES string of the molecule is C[C@@]1(O)CCC[C@H]2c3c(c4c5oc6c(c(=O)c5c3OC3CCCC3)[C@@H](c3ccc(NO)cc3)C=C[C@@]6(O)C[C@](CO)(N=C(N)N)CSS[C@H]4C(O)O)O[C@@H]21. The monoisotopic (exact) mass is 782 g/mol. The first kappa shape index (κ1) is 37.4. The Morgan fingerprint density at radius 2 is 1.83 bits per heavy atom. The molecule has 2 saturated carbocycles. The molecule has 0 spiro atoms. The lowest BCUT2D eigenvalue weighted by atomic mass is 9.73. The zero-order chi connectivity index (χ0) is 38.2. The fraction of sp³-hybridized carbons (Fsp3) is 0.526. The Morgan fingerprint density at radius 1 is 1.09 bits per heavy atom. The van der Waals surface area contributed by atoms with Crippen molar-refractivity contribution in [3.8, 4) is 11.5 Å². The van der Waals surface area contributed by atoms with Crippen LogP contribution >= 0.6 is 21.6 Å². The molecule has 290 valence electrons. The molecular formula is C38H46N4O10S2. The van der Waals surface area contributed by atoms with Crippen molar-refractivity contribution < 1.29 is 44.6 Å². The molecule has 8 rings (SSSR count). The summed E-state index contributed by atoms with van der Waals surface area (Å²) < 4.78 is 20.5. The number of aliphatic imine (C=N–C) groups is 1. The van der Waals surface area contributed by atoms with E-state index in [1.54, 1.807) is 37.3 Å². The summed E-state index contributed by atoms with van der Waals surface area (Å²) in [6.07, 6.45) is 5.26. The summed E-state index contributed by atoms with van der Waals surface area (Å²) >= 11 is 0.